The molecule has 7 heteroatoms. The van der Waals surface area contributed by atoms with Crippen LogP contribution in [0.3, 0.4) is 0 Å². The van der Waals surface area contributed by atoms with Crippen molar-refractivity contribution in [2.45, 2.75) is 57.1 Å². The maximum absolute atomic E-state index is 12.3. The Morgan fingerprint density at radius 1 is 1.29 bits per heavy atom. The molecule has 2 aromatic rings. The van der Waals surface area contributed by atoms with Crippen molar-refractivity contribution in [1.82, 2.24) is 14.5 Å². The van der Waals surface area contributed by atoms with E-state index in [-0.39, 0.29) is 12.0 Å². The topological polar surface area (TPSA) is 69.0 Å². The van der Waals surface area contributed by atoms with Gasteiger partial charge in [-0.05, 0) is 50.7 Å². The summed E-state index contributed by atoms with van der Waals surface area (Å²) in [5, 5.41) is 3.41. The molecule has 128 valence electrons. The largest absolute Gasteiger partial charge is 0.378 e. The monoisotopic (exact) mass is 348 g/mol. The van der Waals surface area contributed by atoms with Crippen LogP contribution in [0, 0.1) is 0 Å². The molecule has 1 N–H and O–H groups in total. The number of fused-ring (bicyclic) bond motifs is 1. The molecule has 4 rings (SSSR count). The van der Waals surface area contributed by atoms with Crippen LogP contribution in [0.4, 0.5) is 5.95 Å². The maximum Gasteiger partial charge on any atom is 0.226 e. The van der Waals surface area contributed by atoms with E-state index in [1.54, 1.807) is 6.07 Å². The average Bonchev–Trinajstić information content (AvgIpc) is 3.13. The molecule has 2 aliphatic rings. The minimum absolute atomic E-state index is 0.0209. The molecule has 3 heterocycles. The normalized spacial score (nSPS) is 21.1. The third kappa shape index (κ3) is 3.13. The van der Waals surface area contributed by atoms with Crippen LogP contribution in [0.15, 0.2) is 12.1 Å². The summed E-state index contributed by atoms with van der Waals surface area (Å²) in [5.41, 5.74) is 1.52. The maximum atomic E-state index is 12.3. The number of pyridine rings is 1. The number of imidazole rings is 1. The Labute approximate surface area is 145 Å². The first-order valence-corrected chi connectivity index (χ1v) is 9.04. The number of aromatic nitrogens is 3. The fourth-order valence-corrected chi connectivity index (χ4v) is 3.52. The molecule has 0 aromatic carbocycles. The Bertz CT molecular complexity index is 750. The van der Waals surface area contributed by atoms with Crippen molar-refractivity contribution < 1.29 is 9.53 Å². The number of hydrogen-bond donors (Lipinski definition) is 1. The number of nitrogens with one attached hydrogen (secondary N) is 1. The molecule has 0 radical (unpaired) electrons. The highest BCUT2D eigenvalue weighted by Gasteiger charge is 2.26. The van der Waals surface area contributed by atoms with Crippen molar-refractivity contribution in [2.24, 2.45) is 0 Å². The lowest BCUT2D eigenvalue weighted by atomic mass is 9.93. The van der Waals surface area contributed by atoms with Crippen LogP contribution in [-0.4, -0.2) is 33.2 Å². The molecule has 24 heavy (non-hydrogen) atoms. The second-order valence-corrected chi connectivity index (χ2v) is 6.98. The van der Waals surface area contributed by atoms with Crippen molar-refractivity contribution in [2.75, 3.05) is 11.9 Å². The zero-order valence-corrected chi connectivity index (χ0v) is 14.3. The lowest BCUT2D eigenvalue weighted by Crippen LogP contribution is -2.23. The highest BCUT2D eigenvalue weighted by molar-refractivity contribution is 6.29. The third-order valence-electron chi connectivity index (χ3n) is 4.91. The Balaban J connectivity index is 1.53. The van der Waals surface area contributed by atoms with Crippen LogP contribution >= 0.6 is 11.6 Å². The second kappa shape index (κ2) is 6.69. The van der Waals surface area contributed by atoms with Crippen LogP contribution in [0.2, 0.25) is 5.15 Å². The number of amides is 1. The predicted molar refractivity (Wildman–Crippen MR) is 92.3 cm³/mol. The van der Waals surface area contributed by atoms with Gasteiger partial charge in [-0.3, -0.25) is 14.7 Å². The molecule has 1 saturated carbocycles. The van der Waals surface area contributed by atoms with Crippen molar-refractivity contribution in [3.05, 3.63) is 17.3 Å². The molecule has 1 aliphatic carbocycles. The number of hydrogen-bond acceptors (Lipinski definition) is 4. The van der Waals surface area contributed by atoms with E-state index in [1.807, 2.05) is 10.6 Å². The van der Waals surface area contributed by atoms with Gasteiger partial charge in [0.25, 0.3) is 0 Å². The minimum Gasteiger partial charge on any atom is -0.378 e. The SMILES string of the molecule is O=C(CCC1CCCO1)Nc1nc2ccc(Cl)nc2n1C1CCC1. The number of carbonyl (C=O) groups is 1. The quantitative estimate of drug-likeness (QED) is 0.836. The van der Waals surface area contributed by atoms with E-state index in [0.717, 1.165) is 49.9 Å². The summed E-state index contributed by atoms with van der Waals surface area (Å²) in [5.74, 6) is 0.564. The first-order chi connectivity index (χ1) is 11.7. The van der Waals surface area contributed by atoms with Crippen molar-refractivity contribution in [1.29, 1.82) is 0 Å². The van der Waals surface area contributed by atoms with E-state index in [1.165, 1.54) is 6.42 Å². The number of halogens is 1. The van der Waals surface area contributed by atoms with E-state index >= 15 is 0 Å². The lowest BCUT2D eigenvalue weighted by Gasteiger charge is -2.28. The van der Waals surface area contributed by atoms with Crippen molar-refractivity contribution in [3.8, 4) is 0 Å². The fraction of sp³-hybridized carbons (Fsp3) is 0.588. The predicted octanol–water partition coefficient (Wildman–Crippen LogP) is 3.71. The number of carbonyl (C=O) groups excluding carboxylic acids is 1. The summed E-state index contributed by atoms with van der Waals surface area (Å²) in [6, 6.07) is 3.92. The van der Waals surface area contributed by atoms with Gasteiger partial charge in [0.15, 0.2) is 5.65 Å². The number of nitrogens with zero attached hydrogens (tertiary/aromatic N) is 3. The van der Waals surface area contributed by atoms with Gasteiger partial charge in [-0.15, -0.1) is 0 Å². The average molecular weight is 349 g/mol. The Morgan fingerprint density at radius 2 is 2.17 bits per heavy atom. The van der Waals surface area contributed by atoms with Gasteiger partial charge in [0, 0.05) is 19.1 Å². The highest BCUT2D eigenvalue weighted by atomic mass is 35.5. The molecule has 6 nitrogen and oxygen atoms in total. The van der Waals surface area contributed by atoms with Gasteiger partial charge in [-0.25, -0.2) is 9.97 Å². The number of anilines is 1. The van der Waals surface area contributed by atoms with Crippen LogP contribution in [0.25, 0.3) is 11.2 Å². The van der Waals surface area contributed by atoms with E-state index < -0.39 is 0 Å². The van der Waals surface area contributed by atoms with Gasteiger partial charge in [0.1, 0.15) is 10.7 Å². The van der Waals surface area contributed by atoms with Gasteiger partial charge < -0.3 is 4.74 Å². The molecule has 2 fully saturated rings. The fourth-order valence-electron chi connectivity index (χ4n) is 3.38. The number of ether oxygens (including phenoxy) is 1. The smallest absolute Gasteiger partial charge is 0.226 e. The van der Waals surface area contributed by atoms with Crippen LogP contribution in [0.5, 0.6) is 0 Å². The molecule has 1 aliphatic heterocycles. The van der Waals surface area contributed by atoms with E-state index in [2.05, 4.69) is 15.3 Å². The molecule has 0 bridgehead atoms. The van der Waals surface area contributed by atoms with Gasteiger partial charge in [-0.2, -0.15) is 0 Å². The molecule has 2 aromatic heterocycles. The molecule has 0 spiro atoms. The summed E-state index contributed by atoms with van der Waals surface area (Å²) in [6.45, 7) is 0.816. The first-order valence-electron chi connectivity index (χ1n) is 8.66. The van der Waals surface area contributed by atoms with Crippen LogP contribution in [-0.2, 0) is 9.53 Å². The molecule has 1 unspecified atom stereocenters. The van der Waals surface area contributed by atoms with E-state index in [0.29, 0.717) is 23.6 Å². The summed E-state index contributed by atoms with van der Waals surface area (Å²) < 4.78 is 7.61. The molecular weight excluding hydrogens is 328 g/mol. The van der Waals surface area contributed by atoms with Crippen molar-refractivity contribution >= 4 is 34.6 Å². The Kier molecular flexibility index (Phi) is 4.41. The Hall–Kier alpha value is -1.66. The Morgan fingerprint density at radius 3 is 2.88 bits per heavy atom. The first kappa shape index (κ1) is 15.8. The van der Waals surface area contributed by atoms with Gasteiger partial charge in [0.2, 0.25) is 11.9 Å². The van der Waals surface area contributed by atoms with Gasteiger partial charge >= 0.3 is 0 Å². The van der Waals surface area contributed by atoms with Gasteiger partial charge in [0.05, 0.1) is 6.10 Å². The molecule has 1 atom stereocenters. The summed E-state index contributed by atoms with van der Waals surface area (Å²) in [4.78, 5) is 21.3. The summed E-state index contributed by atoms with van der Waals surface area (Å²) in [6.07, 6.45) is 6.94. The summed E-state index contributed by atoms with van der Waals surface area (Å²) in [7, 11) is 0. The second-order valence-electron chi connectivity index (χ2n) is 6.59. The standard InChI is InChI=1S/C17H21ClN4O2/c18-14-8-7-13-16(20-14)22(11-3-1-4-11)17(19-13)21-15(23)9-6-12-5-2-10-24-12/h7-8,11-12H,1-6,9-10H2,(H,19,21,23). The lowest BCUT2D eigenvalue weighted by molar-refractivity contribution is -0.116. The zero-order valence-electron chi connectivity index (χ0n) is 13.5. The zero-order chi connectivity index (χ0) is 16.5. The molecular formula is C17H21ClN4O2. The molecule has 1 saturated heterocycles. The minimum atomic E-state index is -0.0209. The summed E-state index contributed by atoms with van der Waals surface area (Å²) >= 11 is 6.04. The van der Waals surface area contributed by atoms with Gasteiger partial charge in [-0.1, -0.05) is 11.6 Å². The molecule has 1 amide bonds. The van der Waals surface area contributed by atoms with Crippen LogP contribution in [0.1, 0.15) is 51.0 Å². The van der Waals surface area contributed by atoms with E-state index in [4.69, 9.17) is 16.3 Å². The van der Waals surface area contributed by atoms with Crippen LogP contribution < -0.4 is 5.32 Å². The van der Waals surface area contributed by atoms with E-state index in [9.17, 15) is 4.79 Å². The highest BCUT2D eigenvalue weighted by Crippen LogP contribution is 2.37. The third-order valence-corrected chi connectivity index (χ3v) is 5.12. The van der Waals surface area contributed by atoms with Crippen molar-refractivity contribution in [3.63, 3.8) is 0 Å². The number of rotatable bonds is 5.